The SMILES string of the molecule is N.N.O=C(O)O.[H]. The first-order valence-corrected chi connectivity index (χ1v) is 0.651. The summed E-state index contributed by atoms with van der Waals surface area (Å²) in [7, 11) is 0. The Labute approximate surface area is 36.2 Å². The molecule has 41 valence electrons. The van der Waals surface area contributed by atoms with Crippen molar-refractivity contribution in [3.8, 4) is 0 Å². The van der Waals surface area contributed by atoms with Crippen LogP contribution in [-0.2, 0) is 0 Å². The van der Waals surface area contributed by atoms with E-state index in [4.69, 9.17) is 15.0 Å². The second-order valence-electron chi connectivity index (χ2n) is 0.283. The van der Waals surface area contributed by atoms with Crippen molar-refractivity contribution < 1.29 is 16.4 Å². The lowest BCUT2D eigenvalue weighted by Gasteiger charge is -1.60. The summed E-state index contributed by atoms with van der Waals surface area (Å²) in [6, 6.07) is 0. The van der Waals surface area contributed by atoms with Crippen molar-refractivity contribution in [1.29, 1.82) is 0 Å². The molecule has 0 heterocycles. The molecule has 0 atom stereocenters. The van der Waals surface area contributed by atoms with Crippen LogP contribution in [0.3, 0.4) is 0 Å². The van der Waals surface area contributed by atoms with E-state index in [1.54, 1.807) is 0 Å². The van der Waals surface area contributed by atoms with E-state index in [0.717, 1.165) is 0 Å². The normalized spacial score (nSPS) is 4.00. The van der Waals surface area contributed by atoms with Crippen LogP contribution in [-0.4, -0.2) is 16.4 Å². The van der Waals surface area contributed by atoms with Gasteiger partial charge >= 0.3 is 6.16 Å². The van der Waals surface area contributed by atoms with Crippen molar-refractivity contribution in [3.63, 3.8) is 0 Å². The maximum atomic E-state index is 8.56. The Kier molecular flexibility index (Phi) is 28.1. The molecule has 0 aromatic rings. The lowest BCUT2D eigenvalue weighted by atomic mass is 11.5. The number of carboxylic acid groups (broad SMARTS) is 2. The van der Waals surface area contributed by atoms with E-state index < -0.39 is 6.16 Å². The van der Waals surface area contributed by atoms with Crippen LogP contribution in [0.1, 0.15) is 1.43 Å². The smallest absolute Gasteiger partial charge is 0.450 e. The Hall–Kier alpha value is -0.810. The van der Waals surface area contributed by atoms with E-state index in [1.807, 2.05) is 0 Å². The molecule has 0 unspecified atom stereocenters. The van der Waals surface area contributed by atoms with E-state index in [0.29, 0.717) is 0 Å². The minimum Gasteiger partial charge on any atom is -0.450 e. The zero-order valence-electron chi connectivity index (χ0n) is 4.22. The highest BCUT2D eigenvalue weighted by Crippen LogP contribution is 1.42. The van der Waals surface area contributed by atoms with Crippen LogP contribution in [0.2, 0.25) is 0 Å². The Morgan fingerprint density at radius 2 is 1.33 bits per heavy atom. The van der Waals surface area contributed by atoms with Gasteiger partial charge in [0.2, 0.25) is 0 Å². The molecule has 0 saturated carbocycles. The second kappa shape index (κ2) is 8.89. The van der Waals surface area contributed by atoms with E-state index in [-0.39, 0.29) is 13.7 Å². The standard InChI is InChI=1S/CH2O3.2H3N.H/c2-1(3)4;;;/h(H2,2,3,4);2*1H3;. The highest BCUT2D eigenvalue weighted by atomic mass is 16.6. The number of hydrogen-bond acceptors (Lipinski definition) is 3. The van der Waals surface area contributed by atoms with Gasteiger partial charge in [-0.2, -0.15) is 0 Å². The molecule has 5 heteroatoms. The van der Waals surface area contributed by atoms with Crippen molar-refractivity contribution in [2.45, 2.75) is 0 Å². The molecular weight excluding hydrogens is 88.0 g/mol. The van der Waals surface area contributed by atoms with Crippen LogP contribution in [0.4, 0.5) is 4.79 Å². The minimum atomic E-state index is -1.83. The van der Waals surface area contributed by atoms with Gasteiger partial charge in [-0.05, 0) is 0 Å². The van der Waals surface area contributed by atoms with E-state index in [2.05, 4.69) is 0 Å². The summed E-state index contributed by atoms with van der Waals surface area (Å²) in [5.74, 6) is 0. The van der Waals surface area contributed by atoms with Crippen LogP contribution in [0.5, 0.6) is 0 Å². The molecule has 0 aliphatic rings. The summed E-state index contributed by atoms with van der Waals surface area (Å²) in [6.45, 7) is 0. The third-order valence-corrected chi connectivity index (χ3v) is 0. The first-order valence-electron chi connectivity index (χ1n) is 0.651. The maximum Gasteiger partial charge on any atom is 0.503 e. The molecular formula is CH9N2O3. The van der Waals surface area contributed by atoms with Gasteiger partial charge < -0.3 is 22.5 Å². The van der Waals surface area contributed by atoms with E-state index >= 15 is 0 Å². The van der Waals surface area contributed by atoms with Gasteiger partial charge in [0.05, 0.1) is 0 Å². The molecule has 5 nitrogen and oxygen atoms in total. The predicted octanol–water partition coefficient (Wildman–Crippen LogP) is 0.659. The molecule has 0 rings (SSSR count). The Morgan fingerprint density at radius 3 is 1.33 bits per heavy atom. The number of carbonyl (C=O) groups is 1. The zero-order chi connectivity index (χ0) is 3.58. The van der Waals surface area contributed by atoms with Crippen molar-refractivity contribution in [1.82, 2.24) is 12.3 Å². The van der Waals surface area contributed by atoms with Crippen molar-refractivity contribution in [3.05, 3.63) is 0 Å². The van der Waals surface area contributed by atoms with E-state index in [1.165, 1.54) is 0 Å². The summed E-state index contributed by atoms with van der Waals surface area (Å²) < 4.78 is 0. The largest absolute Gasteiger partial charge is 0.503 e. The lowest BCUT2D eigenvalue weighted by molar-refractivity contribution is 0.137. The molecule has 0 aromatic heterocycles. The summed E-state index contributed by atoms with van der Waals surface area (Å²) in [6.07, 6.45) is -1.83. The average Bonchev–Trinajstić information content (AvgIpc) is 0.811. The second-order valence-corrected chi connectivity index (χ2v) is 0.283. The van der Waals surface area contributed by atoms with Crippen molar-refractivity contribution in [2.75, 3.05) is 0 Å². The molecule has 0 spiro atoms. The first-order chi connectivity index (χ1) is 1.73. The quantitative estimate of drug-likeness (QED) is 0.353. The summed E-state index contributed by atoms with van der Waals surface area (Å²) in [5.41, 5.74) is 0. The van der Waals surface area contributed by atoms with Crippen LogP contribution in [0, 0.1) is 0 Å². The van der Waals surface area contributed by atoms with E-state index in [9.17, 15) is 0 Å². The monoisotopic (exact) mass is 97.1 g/mol. The minimum absolute atomic E-state index is 0. The molecule has 8 N–H and O–H groups in total. The van der Waals surface area contributed by atoms with Crippen molar-refractivity contribution in [2.24, 2.45) is 0 Å². The molecule has 1 radical (unpaired) electrons. The Balaban J connectivity index is -0.0000000150. The third kappa shape index (κ3) is 23.3. The molecule has 0 aliphatic carbocycles. The molecule has 0 aliphatic heterocycles. The number of hydrogen-bond donors (Lipinski definition) is 4. The van der Waals surface area contributed by atoms with Gasteiger partial charge in [0.1, 0.15) is 0 Å². The molecule has 6 heavy (non-hydrogen) atoms. The Morgan fingerprint density at radius 1 is 1.33 bits per heavy atom. The van der Waals surface area contributed by atoms with Gasteiger partial charge in [0, 0.05) is 1.43 Å². The van der Waals surface area contributed by atoms with Crippen LogP contribution in [0.25, 0.3) is 0 Å². The molecule has 0 amide bonds. The molecule has 0 aromatic carbocycles. The number of rotatable bonds is 0. The fraction of sp³-hybridized carbons (Fsp3) is 0. The maximum absolute atomic E-state index is 8.56. The van der Waals surface area contributed by atoms with Crippen LogP contribution < -0.4 is 12.3 Å². The van der Waals surface area contributed by atoms with Gasteiger partial charge in [-0.3, -0.25) is 0 Å². The zero-order valence-corrected chi connectivity index (χ0v) is 3.22. The van der Waals surface area contributed by atoms with Gasteiger partial charge in [-0.15, -0.1) is 0 Å². The topological polar surface area (TPSA) is 128 Å². The summed E-state index contributed by atoms with van der Waals surface area (Å²) in [4.78, 5) is 8.56. The van der Waals surface area contributed by atoms with Crippen LogP contribution >= 0.6 is 0 Å². The van der Waals surface area contributed by atoms with Gasteiger partial charge in [0.25, 0.3) is 0 Å². The summed E-state index contributed by atoms with van der Waals surface area (Å²) >= 11 is 0. The molecule has 0 bridgehead atoms. The highest BCUT2D eigenvalue weighted by Gasteiger charge is 1.70. The highest BCUT2D eigenvalue weighted by molar-refractivity contribution is 5.53. The van der Waals surface area contributed by atoms with Gasteiger partial charge in [0.15, 0.2) is 0 Å². The average molecular weight is 97.1 g/mol. The fourth-order valence-electron chi connectivity index (χ4n) is 0. The van der Waals surface area contributed by atoms with Gasteiger partial charge in [-0.25, -0.2) is 4.79 Å². The lowest BCUT2D eigenvalue weighted by Crippen LogP contribution is -1.81. The first kappa shape index (κ1) is 19.0. The predicted molar refractivity (Wildman–Crippen MR) is 21.8 cm³/mol. The Bertz CT molecular complexity index is 35.9. The summed E-state index contributed by atoms with van der Waals surface area (Å²) in [5, 5.41) is 13.9. The third-order valence-electron chi connectivity index (χ3n) is 0. The van der Waals surface area contributed by atoms with Gasteiger partial charge in [-0.1, -0.05) is 0 Å². The fourth-order valence-corrected chi connectivity index (χ4v) is 0. The van der Waals surface area contributed by atoms with Crippen molar-refractivity contribution >= 4 is 6.16 Å². The molecule has 0 fully saturated rings. The van der Waals surface area contributed by atoms with Crippen LogP contribution in [0.15, 0.2) is 0 Å². The molecule has 0 saturated heterocycles.